The van der Waals surface area contributed by atoms with Gasteiger partial charge in [0, 0.05) is 29.0 Å². The van der Waals surface area contributed by atoms with Crippen LogP contribution in [0.15, 0.2) is 54.7 Å². The summed E-state index contributed by atoms with van der Waals surface area (Å²) in [5, 5.41) is 12.3. The summed E-state index contributed by atoms with van der Waals surface area (Å²) in [4.78, 5) is 4.19. The Labute approximate surface area is 145 Å². The number of aliphatic hydroxyl groups excluding tert-OH is 1. The number of pyridine rings is 1. The highest BCUT2D eigenvalue weighted by molar-refractivity contribution is 6.29. The van der Waals surface area contributed by atoms with Crippen LogP contribution in [0.25, 0.3) is 21.8 Å². The molecule has 0 unspecified atom stereocenters. The molecular formula is C20H17ClN2O. The number of rotatable bonds is 3. The second-order valence-electron chi connectivity index (χ2n) is 6.06. The quantitative estimate of drug-likeness (QED) is 0.551. The molecule has 4 heteroatoms. The molecule has 0 bridgehead atoms. The zero-order valence-corrected chi connectivity index (χ0v) is 14.1. The van der Waals surface area contributed by atoms with E-state index in [1.807, 2.05) is 24.4 Å². The Morgan fingerprint density at radius 1 is 1.04 bits per heavy atom. The smallest absolute Gasteiger partial charge is 0.129 e. The van der Waals surface area contributed by atoms with Crippen molar-refractivity contribution < 1.29 is 5.11 Å². The maximum Gasteiger partial charge on any atom is 0.129 e. The zero-order valence-electron chi connectivity index (χ0n) is 13.3. The second kappa shape index (κ2) is 5.93. The van der Waals surface area contributed by atoms with Crippen molar-refractivity contribution in [2.75, 3.05) is 0 Å². The minimum absolute atomic E-state index is 0.0511. The van der Waals surface area contributed by atoms with Crippen molar-refractivity contribution in [3.63, 3.8) is 0 Å². The van der Waals surface area contributed by atoms with Gasteiger partial charge < -0.3 is 9.67 Å². The molecule has 120 valence electrons. The number of hydrogen-bond donors (Lipinski definition) is 1. The fourth-order valence-electron chi connectivity index (χ4n) is 3.33. The molecule has 0 aliphatic rings. The van der Waals surface area contributed by atoms with Crippen molar-refractivity contribution in [2.45, 2.75) is 20.1 Å². The molecule has 4 aromatic rings. The number of benzene rings is 2. The van der Waals surface area contributed by atoms with Crippen LogP contribution in [0.1, 0.15) is 16.7 Å². The van der Waals surface area contributed by atoms with E-state index in [0.29, 0.717) is 5.15 Å². The number of aromatic nitrogens is 2. The van der Waals surface area contributed by atoms with Gasteiger partial charge in [0.1, 0.15) is 5.15 Å². The zero-order chi connectivity index (χ0) is 16.7. The maximum atomic E-state index is 9.46. The fourth-order valence-corrected chi connectivity index (χ4v) is 3.45. The molecule has 2 aromatic carbocycles. The Hall–Kier alpha value is -2.36. The molecule has 0 spiro atoms. The third-order valence-corrected chi connectivity index (χ3v) is 4.69. The summed E-state index contributed by atoms with van der Waals surface area (Å²) >= 11 is 5.90. The molecule has 0 amide bonds. The van der Waals surface area contributed by atoms with Gasteiger partial charge in [0.25, 0.3) is 0 Å². The van der Waals surface area contributed by atoms with Crippen LogP contribution in [0.4, 0.5) is 0 Å². The molecular weight excluding hydrogens is 320 g/mol. The van der Waals surface area contributed by atoms with Crippen molar-refractivity contribution in [2.24, 2.45) is 0 Å². The first-order chi connectivity index (χ1) is 11.7. The highest BCUT2D eigenvalue weighted by atomic mass is 35.5. The first-order valence-electron chi connectivity index (χ1n) is 7.89. The molecule has 4 rings (SSSR count). The van der Waals surface area contributed by atoms with Gasteiger partial charge in [-0.25, -0.2) is 4.98 Å². The van der Waals surface area contributed by atoms with Crippen molar-refractivity contribution in [3.8, 4) is 0 Å². The highest BCUT2D eigenvalue weighted by Gasteiger charge is 2.13. The number of halogens is 1. The largest absolute Gasteiger partial charge is 0.392 e. The van der Waals surface area contributed by atoms with Gasteiger partial charge in [-0.15, -0.1) is 0 Å². The van der Waals surface area contributed by atoms with Gasteiger partial charge in [-0.05, 0) is 41.8 Å². The van der Waals surface area contributed by atoms with Crippen LogP contribution in [0.3, 0.4) is 0 Å². The Kier molecular flexibility index (Phi) is 3.75. The van der Waals surface area contributed by atoms with Crippen molar-refractivity contribution >= 4 is 33.4 Å². The third kappa shape index (κ3) is 2.46. The van der Waals surface area contributed by atoms with E-state index in [-0.39, 0.29) is 6.61 Å². The van der Waals surface area contributed by atoms with E-state index in [9.17, 15) is 5.11 Å². The van der Waals surface area contributed by atoms with E-state index in [1.165, 1.54) is 21.9 Å². The number of aliphatic hydroxyl groups is 1. The summed E-state index contributed by atoms with van der Waals surface area (Å²) in [6.45, 7) is 2.91. The van der Waals surface area contributed by atoms with Crippen LogP contribution < -0.4 is 0 Å². The van der Waals surface area contributed by atoms with Crippen molar-refractivity contribution in [1.82, 2.24) is 9.55 Å². The Morgan fingerprint density at radius 3 is 2.62 bits per heavy atom. The topological polar surface area (TPSA) is 38.0 Å². The molecule has 0 aliphatic heterocycles. The SMILES string of the molecule is Cc1cccc2c3cc(CO)ccc3n(Cc3ccc(Cl)nc3)c12. The Bertz CT molecular complexity index is 1040. The van der Waals surface area contributed by atoms with Gasteiger partial charge in [-0.1, -0.05) is 41.9 Å². The van der Waals surface area contributed by atoms with Crippen LogP contribution in [-0.2, 0) is 13.2 Å². The molecule has 0 fully saturated rings. The maximum absolute atomic E-state index is 9.46. The van der Waals surface area contributed by atoms with E-state index < -0.39 is 0 Å². The van der Waals surface area contributed by atoms with Crippen LogP contribution in [0.2, 0.25) is 5.15 Å². The minimum Gasteiger partial charge on any atom is -0.392 e. The predicted molar refractivity (Wildman–Crippen MR) is 98.5 cm³/mol. The summed E-state index contributed by atoms with van der Waals surface area (Å²) in [5.41, 5.74) is 5.64. The van der Waals surface area contributed by atoms with Crippen molar-refractivity contribution in [3.05, 3.63) is 76.6 Å². The lowest BCUT2D eigenvalue weighted by Crippen LogP contribution is -2.01. The third-order valence-electron chi connectivity index (χ3n) is 4.46. The van der Waals surface area contributed by atoms with Crippen LogP contribution in [0.5, 0.6) is 0 Å². The van der Waals surface area contributed by atoms with Crippen LogP contribution in [0, 0.1) is 6.92 Å². The molecule has 2 heterocycles. The summed E-state index contributed by atoms with van der Waals surface area (Å²) < 4.78 is 2.31. The van der Waals surface area contributed by atoms with E-state index in [4.69, 9.17) is 11.6 Å². The molecule has 2 aromatic heterocycles. The van der Waals surface area contributed by atoms with Gasteiger partial charge in [-0.3, -0.25) is 0 Å². The van der Waals surface area contributed by atoms with Gasteiger partial charge in [0.15, 0.2) is 0 Å². The summed E-state index contributed by atoms with van der Waals surface area (Å²) in [5.74, 6) is 0. The standard InChI is InChI=1S/C20H17ClN2O/c1-13-3-2-4-16-17-9-14(12-24)5-7-18(17)23(20(13)16)11-15-6-8-19(21)22-10-15/h2-10,24H,11-12H2,1H3. The van der Waals surface area contributed by atoms with E-state index >= 15 is 0 Å². The van der Waals surface area contributed by atoms with Crippen molar-refractivity contribution in [1.29, 1.82) is 0 Å². The number of fused-ring (bicyclic) bond motifs is 3. The van der Waals surface area contributed by atoms with E-state index in [1.54, 1.807) is 0 Å². The van der Waals surface area contributed by atoms with Gasteiger partial charge in [-0.2, -0.15) is 0 Å². The monoisotopic (exact) mass is 336 g/mol. The first kappa shape index (κ1) is 15.2. The Morgan fingerprint density at radius 2 is 1.88 bits per heavy atom. The second-order valence-corrected chi connectivity index (χ2v) is 6.44. The van der Waals surface area contributed by atoms with Crippen LogP contribution in [-0.4, -0.2) is 14.7 Å². The van der Waals surface area contributed by atoms with E-state index in [0.717, 1.165) is 23.2 Å². The molecule has 3 nitrogen and oxygen atoms in total. The minimum atomic E-state index is 0.0511. The number of hydrogen-bond acceptors (Lipinski definition) is 2. The number of aryl methyl sites for hydroxylation is 1. The highest BCUT2D eigenvalue weighted by Crippen LogP contribution is 2.32. The van der Waals surface area contributed by atoms with E-state index in [2.05, 4.69) is 46.8 Å². The summed E-state index contributed by atoms with van der Waals surface area (Å²) in [6, 6.07) is 16.3. The average Bonchev–Trinajstić information content (AvgIpc) is 2.91. The molecule has 0 aliphatic carbocycles. The van der Waals surface area contributed by atoms with Crippen LogP contribution >= 0.6 is 11.6 Å². The summed E-state index contributed by atoms with van der Waals surface area (Å²) in [7, 11) is 0. The van der Waals surface area contributed by atoms with Gasteiger partial charge in [0.05, 0.1) is 12.1 Å². The molecule has 0 atom stereocenters. The first-order valence-corrected chi connectivity index (χ1v) is 8.27. The molecule has 1 N–H and O–H groups in total. The molecule has 0 saturated carbocycles. The average molecular weight is 337 g/mol. The van der Waals surface area contributed by atoms with Gasteiger partial charge in [0.2, 0.25) is 0 Å². The predicted octanol–water partition coefficient (Wildman–Crippen LogP) is 4.69. The lowest BCUT2D eigenvalue weighted by molar-refractivity contribution is 0.282. The summed E-state index contributed by atoms with van der Waals surface area (Å²) in [6.07, 6.45) is 1.82. The van der Waals surface area contributed by atoms with Gasteiger partial charge >= 0.3 is 0 Å². The molecule has 0 radical (unpaired) electrons. The molecule has 24 heavy (non-hydrogen) atoms. The normalized spacial score (nSPS) is 11.5. The lowest BCUT2D eigenvalue weighted by atomic mass is 10.1. The molecule has 0 saturated heterocycles. The Balaban J connectivity index is 1.99. The number of nitrogens with zero attached hydrogens (tertiary/aromatic N) is 2. The number of para-hydroxylation sites is 1. The fraction of sp³-hybridized carbons (Fsp3) is 0.150. The lowest BCUT2D eigenvalue weighted by Gasteiger charge is -2.09.